The highest BCUT2D eigenvalue weighted by Gasteiger charge is 2.18. The van der Waals surface area contributed by atoms with Crippen LogP contribution in [0, 0.1) is 15.3 Å². The molecule has 5 nitrogen and oxygen atoms in total. The van der Waals surface area contributed by atoms with E-state index in [2.05, 4.69) is 6.07 Å². The first-order valence-corrected chi connectivity index (χ1v) is 10.7. The molecular weight excluding hydrogens is 408 g/mol. The van der Waals surface area contributed by atoms with Crippen molar-refractivity contribution in [3.63, 3.8) is 0 Å². The molecule has 4 rings (SSSR count). The van der Waals surface area contributed by atoms with E-state index in [0.717, 1.165) is 11.3 Å². The predicted octanol–water partition coefficient (Wildman–Crippen LogP) is 4.64. The molecule has 0 radical (unpaired) electrons. The molecule has 138 valence electrons. The van der Waals surface area contributed by atoms with Gasteiger partial charge in [-0.25, -0.2) is 4.98 Å². The number of nitrogens with zero attached hydrogens (tertiary/aromatic N) is 4. The van der Waals surface area contributed by atoms with E-state index in [1.807, 2.05) is 65.2 Å². The molecule has 0 fully saturated rings. The summed E-state index contributed by atoms with van der Waals surface area (Å²) in [5.74, 6) is 0.203. The third-order valence-electron chi connectivity index (χ3n) is 4.12. The van der Waals surface area contributed by atoms with E-state index in [4.69, 9.17) is 22.5 Å². The van der Waals surface area contributed by atoms with Crippen molar-refractivity contribution in [3.05, 3.63) is 80.5 Å². The molecule has 2 heterocycles. The molecule has 0 aliphatic carbocycles. The Bertz CT molecular complexity index is 1280. The maximum atomic E-state index is 13.3. The molecule has 2 aromatic heterocycles. The summed E-state index contributed by atoms with van der Waals surface area (Å²) in [5, 5.41) is 9.51. The number of rotatable bonds is 5. The molecule has 0 aliphatic rings. The van der Waals surface area contributed by atoms with Crippen molar-refractivity contribution in [1.29, 1.82) is 5.26 Å². The van der Waals surface area contributed by atoms with Crippen LogP contribution >= 0.6 is 35.3 Å². The highest BCUT2D eigenvalue weighted by Crippen LogP contribution is 2.25. The number of thioether (sulfide) groups is 1. The summed E-state index contributed by atoms with van der Waals surface area (Å²) in [5.41, 5.74) is 2.20. The van der Waals surface area contributed by atoms with Gasteiger partial charge in [-0.3, -0.25) is 9.36 Å². The average Bonchev–Trinajstić information content (AvgIpc) is 3.04. The van der Waals surface area contributed by atoms with Crippen LogP contribution in [0.15, 0.2) is 70.6 Å². The standard InChI is InChI=1S/C20H14N4OS3/c21-11-12-27-19-22-17-16(18(25)24(19)15-9-5-2-6-10-15)28-20(26)23(17)13-14-7-3-1-4-8-14/h1-10H,12-13H2. The van der Waals surface area contributed by atoms with Crippen molar-refractivity contribution in [2.75, 3.05) is 5.75 Å². The maximum Gasteiger partial charge on any atom is 0.278 e. The second kappa shape index (κ2) is 8.10. The smallest absolute Gasteiger partial charge is 0.278 e. The third kappa shape index (κ3) is 3.52. The number of hydrogen-bond donors (Lipinski definition) is 0. The molecule has 0 spiro atoms. The zero-order valence-electron chi connectivity index (χ0n) is 14.6. The zero-order valence-corrected chi connectivity index (χ0v) is 17.1. The summed E-state index contributed by atoms with van der Waals surface area (Å²) in [6.07, 6.45) is 0. The summed E-state index contributed by atoms with van der Waals surface area (Å²) in [4.78, 5) is 18.1. The molecule has 0 bridgehead atoms. The number of fused-ring (bicyclic) bond motifs is 1. The molecule has 4 aromatic rings. The van der Waals surface area contributed by atoms with Gasteiger partial charge in [0.15, 0.2) is 14.8 Å². The number of para-hydroxylation sites is 1. The lowest BCUT2D eigenvalue weighted by Gasteiger charge is -2.12. The van der Waals surface area contributed by atoms with Crippen molar-refractivity contribution in [1.82, 2.24) is 14.1 Å². The van der Waals surface area contributed by atoms with Gasteiger partial charge in [-0.15, -0.1) is 0 Å². The van der Waals surface area contributed by atoms with Crippen LogP contribution in [0.25, 0.3) is 16.0 Å². The summed E-state index contributed by atoms with van der Waals surface area (Å²) >= 11 is 8.05. The van der Waals surface area contributed by atoms with Crippen LogP contribution in [0.5, 0.6) is 0 Å². The van der Waals surface area contributed by atoms with Gasteiger partial charge in [0.25, 0.3) is 5.56 Å². The van der Waals surface area contributed by atoms with Gasteiger partial charge >= 0.3 is 0 Å². The molecule has 0 atom stereocenters. The summed E-state index contributed by atoms with van der Waals surface area (Å²) in [6, 6.07) is 21.4. The molecule has 0 saturated carbocycles. The van der Waals surface area contributed by atoms with E-state index in [0.29, 0.717) is 26.0 Å². The summed E-state index contributed by atoms with van der Waals surface area (Å²) in [7, 11) is 0. The van der Waals surface area contributed by atoms with Crippen LogP contribution in [0.3, 0.4) is 0 Å². The fourth-order valence-corrected chi connectivity index (χ4v) is 4.81. The molecule has 28 heavy (non-hydrogen) atoms. The van der Waals surface area contributed by atoms with Gasteiger partial charge in [-0.1, -0.05) is 71.6 Å². The third-order valence-corrected chi connectivity index (χ3v) is 6.35. The fraction of sp³-hybridized carbons (Fsp3) is 0.100. The lowest BCUT2D eigenvalue weighted by atomic mass is 10.2. The van der Waals surface area contributed by atoms with Crippen LogP contribution in [0.4, 0.5) is 0 Å². The minimum atomic E-state index is -0.167. The SMILES string of the molecule is N#CCSc1nc2c(sc(=S)n2Cc2ccccc2)c(=O)n1-c1ccccc1. The Labute approximate surface area is 174 Å². The first-order valence-electron chi connectivity index (χ1n) is 8.44. The highest BCUT2D eigenvalue weighted by molar-refractivity contribution is 7.99. The van der Waals surface area contributed by atoms with Crippen molar-refractivity contribution < 1.29 is 0 Å². The van der Waals surface area contributed by atoms with Gasteiger partial charge in [0, 0.05) is 0 Å². The number of benzene rings is 2. The molecule has 0 N–H and O–H groups in total. The van der Waals surface area contributed by atoms with Crippen molar-refractivity contribution in [2.24, 2.45) is 0 Å². The average molecular weight is 423 g/mol. The normalized spacial score (nSPS) is 10.8. The number of hydrogen-bond acceptors (Lipinski definition) is 6. The van der Waals surface area contributed by atoms with Gasteiger partial charge in [-0.2, -0.15) is 5.26 Å². The molecule has 0 amide bonds. The second-order valence-electron chi connectivity index (χ2n) is 5.91. The summed E-state index contributed by atoms with van der Waals surface area (Å²) in [6.45, 7) is 0.545. The Hall–Kier alpha value is -2.73. The largest absolute Gasteiger partial charge is 0.303 e. The maximum absolute atomic E-state index is 13.3. The van der Waals surface area contributed by atoms with Crippen LogP contribution in [-0.2, 0) is 6.54 Å². The van der Waals surface area contributed by atoms with E-state index < -0.39 is 0 Å². The number of aromatic nitrogens is 3. The quantitative estimate of drug-likeness (QED) is 0.266. The number of nitriles is 1. The lowest BCUT2D eigenvalue weighted by molar-refractivity contribution is 0.773. The summed E-state index contributed by atoms with van der Waals surface area (Å²) < 4.78 is 4.57. The monoisotopic (exact) mass is 422 g/mol. The Morgan fingerprint density at radius 1 is 1.11 bits per heavy atom. The molecule has 2 aromatic carbocycles. The molecule has 0 saturated heterocycles. The Balaban J connectivity index is 1.95. The topological polar surface area (TPSA) is 63.6 Å². The first-order chi connectivity index (χ1) is 13.7. The van der Waals surface area contributed by atoms with Gasteiger partial charge < -0.3 is 4.57 Å². The van der Waals surface area contributed by atoms with Crippen LogP contribution in [-0.4, -0.2) is 19.9 Å². The molecule has 0 unspecified atom stereocenters. The second-order valence-corrected chi connectivity index (χ2v) is 8.50. The Kier molecular flexibility index (Phi) is 5.39. The van der Waals surface area contributed by atoms with Gasteiger partial charge in [0.1, 0.15) is 4.70 Å². The molecular formula is C20H14N4OS3. The predicted molar refractivity (Wildman–Crippen MR) is 116 cm³/mol. The number of thiazole rings is 1. The van der Waals surface area contributed by atoms with E-state index in [-0.39, 0.29) is 11.3 Å². The van der Waals surface area contributed by atoms with E-state index >= 15 is 0 Å². The van der Waals surface area contributed by atoms with Crippen molar-refractivity contribution >= 4 is 45.7 Å². The molecule has 0 aliphatic heterocycles. The molecule has 8 heteroatoms. The van der Waals surface area contributed by atoms with Gasteiger partial charge in [-0.05, 0) is 29.9 Å². The first kappa shape index (κ1) is 18.6. The van der Waals surface area contributed by atoms with E-state index in [1.165, 1.54) is 23.1 Å². The minimum absolute atomic E-state index is 0.167. The van der Waals surface area contributed by atoms with Crippen molar-refractivity contribution in [2.45, 2.75) is 11.7 Å². The fourth-order valence-electron chi connectivity index (χ4n) is 2.88. The van der Waals surface area contributed by atoms with Crippen LogP contribution in [0.2, 0.25) is 0 Å². The van der Waals surface area contributed by atoms with Gasteiger partial charge in [0.05, 0.1) is 24.1 Å². The van der Waals surface area contributed by atoms with E-state index in [1.54, 1.807) is 4.57 Å². The highest BCUT2D eigenvalue weighted by atomic mass is 32.2. The lowest BCUT2D eigenvalue weighted by Crippen LogP contribution is -2.21. The Morgan fingerprint density at radius 2 is 1.79 bits per heavy atom. The van der Waals surface area contributed by atoms with Gasteiger partial charge in [0.2, 0.25) is 0 Å². The minimum Gasteiger partial charge on any atom is -0.303 e. The van der Waals surface area contributed by atoms with E-state index in [9.17, 15) is 4.79 Å². The Morgan fingerprint density at radius 3 is 2.46 bits per heavy atom. The van der Waals surface area contributed by atoms with Crippen LogP contribution in [0.1, 0.15) is 5.56 Å². The zero-order chi connectivity index (χ0) is 19.5. The van der Waals surface area contributed by atoms with Crippen molar-refractivity contribution in [3.8, 4) is 11.8 Å². The van der Waals surface area contributed by atoms with Crippen LogP contribution < -0.4 is 5.56 Å².